The molecule has 3 N–H and O–H groups in total. The summed E-state index contributed by atoms with van der Waals surface area (Å²) in [4.78, 5) is 1.13. The maximum Gasteiger partial charge on any atom is 0.0541 e. The van der Waals surface area contributed by atoms with Crippen molar-refractivity contribution in [3.8, 4) is 0 Å². The van der Waals surface area contributed by atoms with E-state index in [1.165, 1.54) is 0 Å². The third kappa shape index (κ3) is 4.51. The van der Waals surface area contributed by atoms with Gasteiger partial charge in [0.1, 0.15) is 0 Å². The summed E-state index contributed by atoms with van der Waals surface area (Å²) in [5.74, 6) is 7.20. The lowest BCUT2D eigenvalue weighted by Gasteiger charge is -2.24. The SMILES string of the molecule is CCC(CC)C(CSc1ccccc1Cl)NN. The fourth-order valence-electron chi connectivity index (χ4n) is 1.92. The zero-order valence-corrected chi connectivity index (χ0v) is 12.0. The van der Waals surface area contributed by atoms with Gasteiger partial charge in [0.05, 0.1) is 5.02 Å². The molecule has 0 amide bonds. The predicted molar refractivity (Wildman–Crippen MR) is 77.4 cm³/mol. The fourth-order valence-corrected chi connectivity index (χ4v) is 3.33. The number of hydrazine groups is 1. The zero-order valence-electron chi connectivity index (χ0n) is 10.4. The first-order valence-corrected chi connectivity index (χ1v) is 7.42. The second-order valence-corrected chi connectivity index (χ2v) is 5.56. The van der Waals surface area contributed by atoms with Gasteiger partial charge < -0.3 is 0 Å². The van der Waals surface area contributed by atoms with Crippen LogP contribution in [0.4, 0.5) is 0 Å². The molecule has 96 valence electrons. The maximum atomic E-state index is 6.13. The Labute approximate surface area is 113 Å². The van der Waals surface area contributed by atoms with Crippen molar-refractivity contribution in [1.29, 1.82) is 0 Å². The first-order chi connectivity index (χ1) is 8.22. The number of hydrogen-bond acceptors (Lipinski definition) is 3. The molecule has 4 heteroatoms. The Morgan fingerprint density at radius 3 is 2.47 bits per heavy atom. The van der Waals surface area contributed by atoms with Crippen LogP contribution in [0.1, 0.15) is 26.7 Å². The van der Waals surface area contributed by atoms with Crippen LogP contribution in [-0.4, -0.2) is 11.8 Å². The van der Waals surface area contributed by atoms with E-state index >= 15 is 0 Å². The van der Waals surface area contributed by atoms with Crippen LogP contribution in [0.2, 0.25) is 5.02 Å². The van der Waals surface area contributed by atoms with E-state index in [2.05, 4.69) is 19.3 Å². The molecule has 0 heterocycles. The maximum absolute atomic E-state index is 6.13. The number of rotatable bonds is 7. The van der Waals surface area contributed by atoms with Crippen LogP contribution in [0, 0.1) is 5.92 Å². The molecule has 0 saturated heterocycles. The first-order valence-electron chi connectivity index (χ1n) is 6.06. The Bertz CT molecular complexity index is 329. The largest absolute Gasteiger partial charge is 0.271 e. The number of nitrogens with one attached hydrogen (secondary N) is 1. The number of halogens is 1. The average molecular weight is 273 g/mol. The molecule has 1 aromatic rings. The van der Waals surface area contributed by atoms with E-state index in [4.69, 9.17) is 17.4 Å². The quantitative estimate of drug-likeness (QED) is 0.452. The van der Waals surface area contributed by atoms with Crippen LogP contribution >= 0.6 is 23.4 Å². The Kier molecular flexibility index (Phi) is 6.97. The number of nitrogens with two attached hydrogens (primary N) is 1. The van der Waals surface area contributed by atoms with Crippen molar-refractivity contribution in [2.75, 3.05) is 5.75 Å². The molecule has 0 aliphatic carbocycles. The van der Waals surface area contributed by atoms with Crippen LogP contribution < -0.4 is 11.3 Å². The molecule has 0 aromatic heterocycles. The standard InChI is InChI=1S/C13H21ClN2S/c1-3-10(4-2)12(16-15)9-17-13-8-6-5-7-11(13)14/h5-8,10,12,16H,3-4,9,15H2,1-2H3. The Morgan fingerprint density at radius 1 is 1.29 bits per heavy atom. The van der Waals surface area contributed by atoms with Gasteiger partial charge in [-0.25, -0.2) is 0 Å². The summed E-state index contributed by atoms with van der Waals surface area (Å²) in [6.45, 7) is 4.41. The molecule has 0 spiro atoms. The van der Waals surface area contributed by atoms with Gasteiger partial charge >= 0.3 is 0 Å². The summed E-state index contributed by atoms with van der Waals surface area (Å²) in [6.07, 6.45) is 2.29. The van der Waals surface area contributed by atoms with Crippen LogP contribution in [0.25, 0.3) is 0 Å². The van der Waals surface area contributed by atoms with E-state index in [1.807, 2.05) is 24.3 Å². The molecule has 1 atom stereocenters. The van der Waals surface area contributed by atoms with Gasteiger partial charge in [-0.1, -0.05) is 50.4 Å². The van der Waals surface area contributed by atoms with E-state index in [0.29, 0.717) is 12.0 Å². The van der Waals surface area contributed by atoms with Gasteiger partial charge in [0.15, 0.2) is 0 Å². The highest BCUT2D eigenvalue weighted by atomic mass is 35.5. The van der Waals surface area contributed by atoms with Gasteiger partial charge in [-0.15, -0.1) is 11.8 Å². The minimum atomic E-state index is 0.339. The summed E-state index contributed by atoms with van der Waals surface area (Å²) in [7, 11) is 0. The molecule has 0 radical (unpaired) electrons. The molecule has 0 fully saturated rings. The smallest absolute Gasteiger partial charge is 0.0541 e. The predicted octanol–water partition coefficient (Wildman–Crippen LogP) is 3.70. The van der Waals surface area contributed by atoms with Gasteiger partial charge in [-0.3, -0.25) is 11.3 Å². The molecule has 2 nitrogen and oxygen atoms in total. The summed E-state index contributed by atoms with van der Waals surface area (Å²) in [6, 6.07) is 8.27. The Morgan fingerprint density at radius 2 is 1.94 bits per heavy atom. The molecule has 0 saturated carbocycles. The van der Waals surface area contributed by atoms with Crippen LogP contribution in [0.5, 0.6) is 0 Å². The summed E-state index contributed by atoms with van der Waals surface area (Å²) in [5.41, 5.74) is 2.93. The third-order valence-electron chi connectivity index (χ3n) is 3.09. The second kappa shape index (κ2) is 7.98. The Balaban J connectivity index is 2.56. The number of thioether (sulfide) groups is 1. The molecular formula is C13H21ClN2S. The monoisotopic (exact) mass is 272 g/mol. The number of hydrogen-bond donors (Lipinski definition) is 2. The normalized spacial score (nSPS) is 13.0. The van der Waals surface area contributed by atoms with Crippen molar-refractivity contribution in [3.63, 3.8) is 0 Å². The zero-order chi connectivity index (χ0) is 12.7. The van der Waals surface area contributed by atoms with Crippen molar-refractivity contribution in [3.05, 3.63) is 29.3 Å². The highest BCUT2D eigenvalue weighted by Crippen LogP contribution is 2.28. The fraction of sp³-hybridized carbons (Fsp3) is 0.538. The van der Waals surface area contributed by atoms with E-state index in [-0.39, 0.29) is 0 Å². The summed E-state index contributed by atoms with van der Waals surface area (Å²) < 4.78 is 0. The lowest BCUT2D eigenvalue weighted by molar-refractivity contribution is 0.364. The lowest BCUT2D eigenvalue weighted by atomic mass is 9.96. The van der Waals surface area contributed by atoms with Gasteiger partial charge in [-0.05, 0) is 18.1 Å². The molecule has 0 bridgehead atoms. The van der Waals surface area contributed by atoms with Crippen molar-refractivity contribution in [2.24, 2.45) is 11.8 Å². The van der Waals surface area contributed by atoms with Gasteiger partial charge in [0, 0.05) is 16.7 Å². The van der Waals surface area contributed by atoms with Crippen molar-refractivity contribution < 1.29 is 0 Å². The molecule has 1 rings (SSSR count). The van der Waals surface area contributed by atoms with E-state index in [1.54, 1.807) is 11.8 Å². The number of benzene rings is 1. The van der Waals surface area contributed by atoms with Gasteiger partial charge in [0.2, 0.25) is 0 Å². The van der Waals surface area contributed by atoms with E-state index in [0.717, 1.165) is 28.5 Å². The molecule has 17 heavy (non-hydrogen) atoms. The van der Waals surface area contributed by atoms with Crippen molar-refractivity contribution in [2.45, 2.75) is 37.6 Å². The van der Waals surface area contributed by atoms with Gasteiger partial charge in [0.25, 0.3) is 0 Å². The molecule has 0 aliphatic rings. The van der Waals surface area contributed by atoms with E-state index in [9.17, 15) is 0 Å². The van der Waals surface area contributed by atoms with Gasteiger partial charge in [-0.2, -0.15) is 0 Å². The third-order valence-corrected chi connectivity index (χ3v) is 4.72. The molecule has 0 aliphatic heterocycles. The topological polar surface area (TPSA) is 38.0 Å². The van der Waals surface area contributed by atoms with Crippen LogP contribution in [0.15, 0.2) is 29.2 Å². The lowest BCUT2D eigenvalue weighted by Crippen LogP contribution is -2.42. The second-order valence-electron chi connectivity index (χ2n) is 4.09. The molecule has 1 aromatic carbocycles. The van der Waals surface area contributed by atoms with Crippen molar-refractivity contribution >= 4 is 23.4 Å². The highest BCUT2D eigenvalue weighted by molar-refractivity contribution is 7.99. The minimum Gasteiger partial charge on any atom is -0.271 e. The van der Waals surface area contributed by atoms with E-state index < -0.39 is 0 Å². The highest BCUT2D eigenvalue weighted by Gasteiger charge is 2.17. The average Bonchev–Trinajstić information content (AvgIpc) is 2.36. The summed E-state index contributed by atoms with van der Waals surface area (Å²) in [5, 5.41) is 0.817. The first kappa shape index (κ1) is 14.8. The molecular weight excluding hydrogens is 252 g/mol. The summed E-state index contributed by atoms with van der Waals surface area (Å²) >= 11 is 7.89. The van der Waals surface area contributed by atoms with Crippen LogP contribution in [0.3, 0.4) is 0 Å². The molecule has 1 unspecified atom stereocenters. The van der Waals surface area contributed by atoms with Crippen molar-refractivity contribution in [1.82, 2.24) is 5.43 Å². The Hall–Kier alpha value is -0.220. The minimum absolute atomic E-state index is 0.339. The van der Waals surface area contributed by atoms with Crippen LogP contribution in [-0.2, 0) is 0 Å².